The minimum Gasteiger partial charge on any atom is -0.211 e. The van der Waals surface area contributed by atoms with Crippen molar-refractivity contribution in [2.24, 2.45) is 0 Å². The van der Waals surface area contributed by atoms with E-state index in [1.165, 1.54) is 28.6 Å². The maximum atomic E-state index is 12.5. The van der Waals surface area contributed by atoms with Crippen LogP contribution in [0.1, 0.15) is 32.3 Å². The summed E-state index contributed by atoms with van der Waals surface area (Å²) in [5.41, 5.74) is 1.04. The fourth-order valence-electron chi connectivity index (χ4n) is 2.72. The van der Waals surface area contributed by atoms with Crippen LogP contribution in [0.15, 0.2) is 64.4 Å². The van der Waals surface area contributed by atoms with Crippen molar-refractivity contribution in [3.05, 3.63) is 60.2 Å². The maximum Gasteiger partial charge on any atom is 0.243 e. The van der Waals surface area contributed by atoms with Gasteiger partial charge in [-0.25, -0.2) is 21.6 Å². The number of hydrogen-bond donors (Lipinski definition) is 1. The number of sulfonamides is 2. The van der Waals surface area contributed by atoms with Gasteiger partial charge in [-0.1, -0.05) is 51.1 Å². The minimum absolute atomic E-state index is 0.0169. The molecule has 0 aromatic heterocycles. The Balaban J connectivity index is 2.13. The van der Waals surface area contributed by atoms with Crippen molar-refractivity contribution in [3.8, 4) is 0 Å². The first-order valence-corrected chi connectivity index (χ1v) is 11.8. The molecule has 0 saturated heterocycles. The molecule has 0 aliphatic carbocycles. The summed E-state index contributed by atoms with van der Waals surface area (Å²) in [7, 11) is -7.32. The van der Waals surface area contributed by atoms with E-state index in [1.807, 2.05) is 37.3 Å². The van der Waals surface area contributed by atoms with E-state index in [0.717, 1.165) is 5.56 Å². The molecular formula is C19H26N2O4S2. The van der Waals surface area contributed by atoms with Crippen LogP contribution >= 0.6 is 0 Å². The van der Waals surface area contributed by atoms with Crippen molar-refractivity contribution in [2.75, 3.05) is 19.6 Å². The Morgan fingerprint density at radius 2 is 1.37 bits per heavy atom. The summed E-state index contributed by atoms with van der Waals surface area (Å²) in [5.74, 6) is 0.0169. The van der Waals surface area contributed by atoms with E-state index in [0.29, 0.717) is 13.1 Å². The predicted octanol–water partition coefficient (Wildman–Crippen LogP) is 2.80. The van der Waals surface area contributed by atoms with Gasteiger partial charge in [-0.2, -0.15) is 4.31 Å². The summed E-state index contributed by atoms with van der Waals surface area (Å²) in [5, 5.41) is 0. The van der Waals surface area contributed by atoms with Crippen LogP contribution in [0, 0.1) is 0 Å². The van der Waals surface area contributed by atoms with Crippen LogP contribution < -0.4 is 4.72 Å². The molecule has 0 spiro atoms. The minimum atomic E-state index is -3.72. The second-order valence-corrected chi connectivity index (χ2v) is 9.93. The van der Waals surface area contributed by atoms with Gasteiger partial charge in [0.15, 0.2) is 0 Å². The number of hydrogen-bond acceptors (Lipinski definition) is 4. The first kappa shape index (κ1) is 21.6. The molecule has 0 aliphatic rings. The highest BCUT2D eigenvalue weighted by Crippen LogP contribution is 2.19. The molecule has 0 fully saturated rings. The molecule has 0 aliphatic heterocycles. The lowest BCUT2D eigenvalue weighted by atomic mass is 10.0. The molecule has 6 nitrogen and oxygen atoms in total. The first-order valence-electron chi connectivity index (χ1n) is 8.87. The van der Waals surface area contributed by atoms with Gasteiger partial charge in [-0.3, -0.25) is 0 Å². The normalized spacial score (nSPS) is 13.6. The molecule has 0 bridgehead atoms. The predicted molar refractivity (Wildman–Crippen MR) is 107 cm³/mol. The van der Waals surface area contributed by atoms with Crippen molar-refractivity contribution < 1.29 is 16.8 Å². The number of nitrogens with zero attached hydrogens (tertiary/aromatic N) is 1. The lowest BCUT2D eigenvalue weighted by molar-refractivity contribution is 0.445. The zero-order valence-electron chi connectivity index (χ0n) is 15.8. The average molecular weight is 411 g/mol. The molecule has 0 heterocycles. The van der Waals surface area contributed by atoms with E-state index < -0.39 is 20.0 Å². The number of nitrogens with one attached hydrogen (secondary N) is 1. The Kier molecular flexibility index (Phi) is 7.16. The quantitative estimate of drug-likeness (QED) is 0.689. The SMILES string of the molecule is CCN(CC)S(=O)(=O)c1ccc(S(=O)(=O)NC[C@H](C)c2ccccc2)cc1. The van der Waals surface area contributed by atoms with E-state index in [-0.39, 0.29) is 22.3 Å². The van der Waals surface area contributed by atoms with Crippen LogP contribution in [-0.4, -0.2) is 40.8 Å². The van der Waals surface area contributed by atoms with E-state index in [4.69, 9.17) is 0 Å². The van der Waals surface area contributed by atoms with Crippen LogP contribution in [-0.2, 0) is 20.0 Å². The molecule has 0 unspecified atom stereocenters. The summed E-state index contributed by atoms with van der Waals surface area (Å²) in [6.07, 6.45) is 0. The fraction of sp³-hybridized carbons (Fsp3) is 0.368. The summed E-state index contributed by atoms with van der Waals surface area (Å²) < 4.78 is 53.9. The molecule has 8 heteroatoms. The van der Waals surface area contributed by atoms with Crippen LogP contribution in [0.25, 0.3) is 0 Å². The van der Waals surface area contributed by atoms with Crippen molar-refractivity contribution in [2.45, 2.75) is 36.5 Å². The number of rotatable bonds is 9. The van der Waals surface area contributed by atoms with E-state index in [1.54, 1.807) is 13.8 Å². The molecule has 2 aromatic carbocycles. The van der Waals surface area contributed by atoms with Crippen LogP contribution in [0.2, 0.25) is 0 Å². The molecule has 0 amide bonds. The highest BCUT2D eigenvalue weighted by Gasteiger charge is 2.23. The molecule has 2 rings (SSSR count). The zero-order valence-corrected chi connectivity index (χ0v) is 17.4. The standard InChI is InChI=1S/C19H26N2O4S2/c1-4-21(5-2)27(24,25)19-13-11-18(12-14-19)26(22,23)20-15-16(3)17-9-7-6-8-10-17/h6-14,16,20H,4-5,15H2,1-3H3/t16-/m0/s1. The van der Waals surface area contributed by atoms with E-state index in [2.05, 4.69) is 4.72 Å². The number of benzene rings is 2. The van der Waals surface area contributed by atoms with Crippen molar-refractivity contribution in [1.82, 2.24) is 9.03 Å². The van der Waals surface area contributed by atoms with Gasteiger partial charge in [-0.05, 0) is 35.7 Å². The molecule has 0 radical (unpaired) electrons. The molecule has 27 heavy (non-hydrogen) atoms. The second-order valence-electron chi connectivity index (χ2n) is 6.22. The largest absolute Gasteiger partial charge is 0.243 e. The van der Waals surface area contributed by atoms with Gasteiger partial charge in [0.05, 0.1) is 9.79 Å². The molecule has 1 N–H and O–H groups in total. The third-order valence-electron chi connectivity index (χ3n) is 4.43. The third kappa shape index (κ3) is 5.16. The van der Waals surface area contributed by atoms with Gasteiger partial charge < -0.3 is 0 Å². The van der Waals surface area contributed by atoms with Crippen molar-refractivity contribution in [3.63, 3.8) is 0 Å². The lowest BCUT2D eigenvalue weighted by Crippen LogP contribution is -2.31. The van der Waals surface area contributed by atoms with Gasteiger partial charge >= 0.3 is 0 Å². The van der Waals surface area contributed by atoms with E-state index in [9.17, 15) is 16.8 Å². The topological polar surface area (TPSA) is 83.6 Å². The highest BCUT2D eigenvalue weighted by molar-refractivity contribution is 7.89. The summed E-state index contributed by atoms with van der Waals surface area (Å²) in [4.78, 5) is 0.129. The Bertz CT molecular complexity index is 937. The Labute approximate surface area is 162 Å². The van der Waals surface area contributed by atoms with Gasteiger partial charge in [0.25, 0.3) is 0 Å². The second kappa shape index (κ2) is 8.97. The molecule has 1 atom stereocenters. The van der Waals surface area contributed by atoms with Gasteiger partial charge in [0, 0.05) is 19.6 Å². The average Bonchev–Trinajstić information content (AvgIpc) is 2.67. The molecule has 148 valence electrons. The Hall–Kier alpha value is -1.74. The summed E-state index contributed by atoms with van der Waals surface area (Å²) >= 11 is 0. The fourth-order valence-corrected chi connectivity index (χ4v) is 5.31. The Morgan fingerprint density at radius 3 is 1.89 bits per heavy atom. The van der Waals surface area contributed by atoms with Crippen molar-refractivity contribution >= 4 is 20.0 Å². The molecular weight excluding hydrogens is 384 g/mol. The van der Waals surface area contributed by atoms with Crippen LogP contribution in [0.4, 0.5) is 0 Å². The van der Waals surface area contributed by atoms with Gasteiger partial charge in [0.2, 0.25) is 20.0 Å². The van der Waals surface area contributed by atoms with Crippen LogP contribution in [0.5, 0.6) is 0 Å². The van der Waals surface area contributed by atoms with Crippen LogP contribution in [0.3, 0.4) is 0 Å². The monoisotopic (exact) mass is 410 g/mol. The highest BCUT2D eigenvalue weighted by atomic mass is 32.2. The van der Waals surface area contributed by atoms with Gasteiger partial charge in [0.1, 0.15) is 0 Å². The van der Waals surface area contributed by atoms with Crippen molar-refractivity contribution in [1.29, 1.82) is 0 Å². The Morgan fingerprint density at radius 1 is 0.852 bits per heavy atom. The molecule has 2 aromatic rings. The summed E-state index contributed by atoms with van der Waals surface area (Å²) in [6, 6.07) is 15.0. The first-order chi connectivity index (χ1) is 12.7. The van der Waals surface area contributed by atoms with E-state index >= 15 is 0 Å². The molecule has 0 saturated carbocycles. The maximum absolute atomic E-state index is 12.5. The van der Waals surface area contributed by atoms with Gasteiger partial charge in [-0.15, -0.1) is 0 Å². The zero-order chi connectivity index (χ0) is 20.1. The lowest BCUT2D eigenvalue weighted by Gasteiger charge is -2.18. The summed E-state index contributed by atoms with van der Waals surface area (Å²) in [6.45, 7) is 6.44. The smallest absolute Gasteiger partial charge is 0.211 e. The third-order valence-corrected chi connectivity index (χ3v) is 7.93.